The summed E-state index contributed by atoms with van der Waals surface area (Å²) in [5.41, 5.74) is -0.318. The molecule has 2 rings (SSSR count). The average molecular weight is 265 g/mol. The standard InChI is InChI=1S/C15H17F2NO/c1-3-11-4-5-12(16)13(14(11)17)15(19)18-8-6-10(2)7-9-18/h3-5,10H,1,6-9H2,2H3. The highest BCUT2D eigenvalue weighted by molar-refractivity contribution is 5.95. The number of likely N-dealkylation sites (tertiary alicyclic amines) is 1. The van der Waals surface area contributed by atoms with E-state index in [2.05, 4.69) is 13.5 Å². The Morgan fingerprint density at radius 1 is 1.37 bits per heavy atom. The Hall–Kier alpha value is -1.71. The minimum atomic E-state index is -0.821. The smallest absolute Gasteiger partial charge is 0.259 e. The summed E-state index contributed by atoms with van der Waals surface area (Å²) in [6, 6.07) is 2.40. The summed E-state index contributed by atoms with van der Waals surface area (Å²) in [6.45, 7) is 6.67. The van der Waals surface area contributed by atoms with Crippen LogP contribution in [0.5, 0.6) is 0 Å². The van der Waals surface area contributed by atoms with Gasteiger partial charge in [-0.1, -0.05) is 19.6 Å². The van der Waals surface area contributed by atoms with Crippen molar-refractivity contribution in [2.75, 3.05) is 13.1 Å². The highest BCUT2D eigenvalue weighted by Gasteiger charge is 2.27. The second kappa shape index (κ2) is 5.51. The molecule has 1 aromatic rings. The van der Waals surface area contributed by atoms with Crippen LogP contribution >= 0.6 is 0 Å². The Morgan fingerprint density at radius 2 is 2.00 bits per heavy atom. The maximum absolute atomic E-state index is 14.1. The van der Waals surface area contributed by atoms with Gasteiger partial charge in [-0.2, -0.15) is 0 Å². The predicted molar refractivity (Wildman–Crippen MR) is 70.8 cm³/mol. The summed E-state index contributed by atoms with van der Waals surface area (Å²) in [4.78, 5) is 13.8. The number of piperidine rings is 1. The van der Waals surface area contributed by atoms with Crippen molar-refractivity contribution in [1.82, 2.24) is 4.90 Å². The fourth-order valence-electron chi connectivity index (χ4n) is 2.29. The van der Waals surface area contributed by atoms with Crippen molar-refractivity contribution >= 4 is 12.0 Å². The van der Waals surface area contributed by atoms with Crippen LogP contribution in [0.1, 0.15) is 35.7 Å². The lowest BCUT2D eigenvalue weighted by Crippen LogP contribution is -2.38. The van der Waals surface area contributed by atoms with Crippen LogP contribution in [0.3, 0.4) is 0 Å². The molecular formula is C15H17F2NO. The molecule has 1 aliphatic rings. The zero-order valence-corrected chi connectivity index (χ0v) is 11.0. The molecule has 0 atom stereocenters. The van der Waals surface area contributed by atoms with Crippen LogP contribution in [0.4, 0.5) is 8.78 Å². The first kappa shape index (κ1) is 13.7. The molecule has 1 fully saturated rings. The number of rotatable bonds is 2. The molecule has 0 N–H and O–H groups in total. The molecule has 0 spiro atoms. The first-order valence-electron chi connectivity index (χ1n) is 6.44. The first-order valence-corrected chi connectivity index (χ1v) is 6.44. The summed E-state index contributed by atoms with van der Waals surface area (Å²) in [6.07, 6.45) is 3.02. The molecule has 102 valence electrons. The number of amides is 1. The lowest BCUT2D eigenvalue weighted by molar-refractivity contribution is 0.0687. The lowest BCUT2D eigenvalue weighted by Gasteiger charge is -2.30. The van der Waals surface area contributed by atoms with Gasteiger partial charge in [0.05, 0.1) is 0 Å². The molecule has 2 nitrogen and oxygen atoms in total. The van der Waals surface area contributed by atoms with E-state index in [4.69, 9.17) is 0 Å². The van der Waals surface area contributed by atoms with Crippen LogP contribution in [-0.4, -0.2) is 23.9 Å². The molecule has 1 aliphatic heterocycles. The van der Waals surface area contributed by atoms with Crippen molar-refractivity contribution in [2.45, 2.75) is 19.8 Å². The summed E-state index contributed by atoms with van der Waals surface area (Å²) in [5, 5.41) is 0. The van der Waals surface area contributed by atoms with E-state index in [1.807, 2.05) is 0 Å². The minimum absolute atomic E-state index is 0.148. The van der Waals surface area contributed by atoms with Gasteiger partial charge < -0.3 is 4.90 Å². The van der Waals surface area contributed by atoms with Gasteiger partial charge in [0.25, 0.3) is 5.91 Å². The van der Waals surface area contributed by atoms with Gasteiger partial charge in [0.1, 0.15) is 17.2 Å². The van der Waals surface area contributed by atoms with Gasteiger partial charge >= 0.3 is 0 Å². The molecule has 1 saturated heterocycles. The Labute approximate surface area is 111 Å². The first-order chi connectivity index (χ1) is 9.04. The Morgan fingerprint density at radius 3 is 2.58 bits per heavy atom. The lowest BCUT2D eigenvalue weighted by atomic mass is 9.98. The van der Waals surface area contributed by atoms with Gasteiger partial charge in [-0.15, -0.1) is 0 Å². The molecule has 0 unspecified atom stereocenters. The summed E-state index contributed by atoms with van der Waals surface area (Å²) >= 11 is 0. The maximum atomic E-state index is 14.1. The van der Waals surface area contributed by atoms with Crippen LogP contribution in [0.25, 0.3) is 6.08 Å². The maximum Gasteiger partial charge on any atom is 0.259 e. The third kappa shape index (κ3) is 2.67. The van der Waals surface area contributed by atoms with E-state index in [9.17, 15) is 13.6 Å². The number of hydrogen-bond donors (Lipinski definition) is 0. The molecule has 0 bridgehead atoms. The molecule has 0 radical (unpaired) electrons. The molecular weight excluding hydrogens is 248 g/mol. The van der Waals surface area contributed by atoms with Gasteiger partial charge in [0.15, 0.2) is 0 Å². The van der Waals surface area contributed by atoms with Gasteiger partial charge in [-0.05, 0) is 30.9 Å². The van der Waals surface area contributed by atoms with E-state index in [0.717, 1.165) is 18.9 Å². The number of nitrogens with zero attached hydrogens (tertiary/aromatic N) is 1. The third-order valence-corrected chi connectivity index (χ3v) is 3.63. The number of carbonyl (C=O) groups excluding carboxylic acids is 1. The van der Waals surface area contributed by atoms with Gasteiger partial charge in [0.2, 0.25) is 0 Å². The number of halogens is 2. The van der Waals surface area contributed by atoms with Crippen LogP contribution in [0, 0.1) is 17.6 Å². The van der Waals surface area contributed by atoms with E-state index in [1.54, 1.807) is 0 Å². The molecule has 0 aromatic heterocycles. The van der Waals surface area contributed by atoms with E-state index in [-0.39, 0.29) is 5.56 Å². The SMILES string of the molecule is C=Cc1ccc(F)c(C(=O)N2CCC(C)CC2)c1F. The van der Waals surface area contributed by atoms with Gasteiger partial charge in [0, 0.05) is 18.7 Å². The molecule has 4 heteroatoms. The van der Waals surface area contributed by atoms with Crippen molar-refractivity contribution in [3.63, 3.8) is 0 Å². The van der Waals surface area contributed by atoms with Crippen LogP contribution in [-0.2, 0) is 0 Å². The monoisotopic (exact) mass is 265 g/mol. The molecule has 1 amide bonds. The molecule has 1 heterocycles. The van der Waals surface area contributed by atoms with E-state index in [1.165, 1.54) is 17.0 Å². The van der Waals surface area contributed by atoms with Crippen molar-refractivity contribution in [3.05, 3.63) is 41.5 Å². The number of benzene rings is 1. The van der Waals surface area contributed by atoms with Crippen LogP contribution < -0.4 is 0 Å². The molecule has 0 saturated carbocycles. The predicted octanol–water partition coefficient (Wildman–Crippen LogP) is 3.48. The largest absolute Gasteiger partial charge is 0.338 e. The van der Waals surface area contributed by atoms with Crippen molar-refractivity contribution in [1.29, 1.82) is 0 Å². The second-order valence-corrected chi connectivity index (χ2v) is 5.00. The summed E-state index contributed by atoms with van der Waals surface area (Å²) in [5.74, 6) is -1.64. The Kier molecular flexibility index (Phi) is 3.98. The topological polar surface area (TPSA) is 20.3 Å². The molecule has 19 heavy (non-hydrogen) atoms. The normalized spacial score (nSPS) is 16.5. The summed E-state index contributed by atoms with van der Waals surface area (Å²) < 4.78 is 27.8. The van der Waals surface area contributed by atoms with Crippen LogP contribution in [0.15, 0.2) is 18.7 Å². The van der Waals surface area contributed by atoms with E-state index in [0.29, 0.717) is 19.0 Å². The fourth-order valence-corrected chi connectivity index (χ4v) is 2.29. The number of hydrogen-bond acceptors (Lipinski definition) is 1. The molecule has 1 aromatic carbocycles. The summed E-state index contributed by atoms with van der Waals surface area (Å²) in [7, 11) is 0. The van der Waals surface area contributed by atoms with Crippen molar-refractivity contribution < 1.29 is 13.6 Å². The fraction of sp³-hybridized carbons (Fsp3) is 0.400. The minimum Gasteiger partial charge on any atom is -0.338 e. The van der Waals surface area contributed by atoms with E-state index < -0.39 is 23.1 Å². The Bertz CT molecular complexity index is 505. The highest BCUT2D eigenvalue weighted by atomic mass is 19.1. The van der Waals surface area contributed by atoms with Gasteiger partial charge in [-0.25, -0.2) is 8.78 Å². The zero-order chi connectivity index (χ0) is 14.0. The van der Waals surface area contributed by atoms with Gasteiger partial charge in [-0.3, -0.25) is 4.79 Å². The molecule has 0 aliphatic carbocycles. The average Bonchev–Trinajstić information content (AvgIpc) is 2.39. The quantitative estimate of drug-likeness (QED) is 0.801. The second-order valence-electron chi connectivity index (χ2n) is 5.00. The van der Waals surface area contributed by atoms with E-state index >= 15 is 0 Å². The van der Waals surface area contributed by atoms with Crippen molar-refractivity contribution in [3.8, 4) is 0 Å². The Balaban J connectivity index is 2.31. The zero-order valence-electron chi connectivity index (χ0n) is 11.0. The van der Waals surface area contributed by atoms with Crippen LogP contribution in [0.2, 0.25) is 0 Å². The van der Waals surface area contributed by atoms with Crippen molar-refractivity contribution in [2.24, 2.45) is 5.92 Å². The number of carbonyl (C=O) groups is 1. The highest BCUT2D eigenvalue weighted by Crippen LogP contribution is 2.23. The third-order valence-electron chi connectivity index (χ3n) is 3.63.